The molecule has 1 aliphatic rings. The molecule has 5 rings (SSSR count). The van der Waals surface area contributed by atoms with Crippen LogP contribution in [0.3, 0.4) is 0 Å². The summed E-state index contributed by atoms with van der Waals surface area (Å²) >= 11 is 0. The van der Waals surface area contributed by atoms with Crippen LogP contribution < -0.4 is 5.73 Å². The van der Waals surface area contributed by atoms with E-state index in [2.05, 4.69) is 85.5 Å². The van der Waals surface area contributed by atoms with Crippen molar-refractivity contribution in [2.24, 2.45) is 11.7 Å². The molecule has 0 spiro atoms. The summed E-state index contributed by atoms with van der Waals surface area (Å²) < 4.78 is 0. The van der Waals surface area contributed by atoms with Gasteiger partial charge in [0, 0.05) is 25.9 Å². The van der Waals surface area contributed by atoms with E-state index in [1.54, 1.807) is 0 Å². The highest BCUT2D eigenvalue weighted by Crippen LogP contribution is 2.46. The Morgan fingerprint density at radius 3 is 2.33 bits per heavy atom. The molecule has 1 heterocycles. The highest BCUT2D eigenvalue weighted by atomic mass is 16.1. The first-order valence-corrected chi connectivity index (χ1v) is 12.9. The predicted octanol–water partition coefficient (Wildman–Crippen LogP) is 5.67. The Bertz CT molecular complexity index is 1350. The average Bonchev–Trinajstić information content (AvgIpc) is 3.70. The van der Waals surface area contributed by atoms with E-state index in [0.717, 1.165) is 48.2 Å². The Morgan fingerprint density at radius 2 is 1.64 bits per heavy atom. The van der Waals surface area contributed by atoms with Crippen molar-refractivity contribution in [1.82, 2.24) is 14.9 Å². The molecule has 1 fully saturated rings. The molecule has 0 saturated heterocycles. The van der Waals surface area contributed by atoms with Gasteiger partial charge in [-0.15, -0.1) is 0 Å². The van der Waals surface area contributed by atoms with Crippen LogP contribution in [0, 0.1) is 19.8 Å². The molecular weight excluding hydrogens is 444 g/mol. The molecule has 1 atom stereocenters. The number of nitrogens with two attached hydrogens (primary N) is 1. The zero-order valence-electron chi connectivity index (χ0n) is 21.2. The van der Waals surface area contributed by atoms with Crippen molar-refractivity contribution < 1.29 is 4.79 Å². The van der Waals surface area contributed by atoms with Crippen LogP contribution in [0.25, 0.3) is 11.0 Å². The largest absolute Gasteiger partial charge is 0.370 e. The third-order valence-electron chi connectivity index (χ3n) is 7.03. The number of carbonyl (C=O) groups is 1. The van der Waals surface area contributed by atoms with E-state index in [0.29, 0.717) is 18.9 Å². The number of fused-ring (bicyclic) bond motifs is 1. The number of aryl methyl sites for hydroxylation is 2. The maximum absolute atomic E-state index is 11.8. The fraction of sp³-hybridized carbons (Fsp3) is 0.323. The van der Waals surface area contributed by atoms with Crippen molar-refractivity contribution in [3.8, 4) is 0 Å². The minimum absolute atomic E-state index is 0.0850. The number of hydrogen-bond acceptors (Lipinski definition) is 4. The second kappa shape index (κ2) is 10.6. The van der Waals surface area contributed by atoms with Crippen LogP contribution >= 0.6 is 0 Å². The van der Waals surface area contributed by atoms with Crippen LogP contribution in [0.15, 0.2) is 72.8 Å². The van der Waals surface area contributed by atoms with E-state index in [1.807, 2.05) is 6.07 Å². The molecule has 1 aromatic heterocycles. The molecule has 184 valence electrons. The zero-order chi connectivity index (χ0) is 25.1. The second-order valence-corrected chi connectivity index (χ2v) is 10.2. The first kappa shape index (κ1) is 24.1. The minimum Gasteiger partial charge on any atom is -0.370 e. The van der Waals surface area contributed by atoms with Crippen molar-refractivity contribution in [2.75, 3.05) is 6.54 Å². The lowest BCUT2D eigenvalue weighted by atomic mass is 9.98. The second-order valence-electron chi connectivity index (χ2n) is 10.2. The Hall–Kier alpha value is -3.57. The van der Waals surface area contributed by atoms with Gasteiger partial charge in [0.2, 0.25) is 5.91 Å². The summed E-state index contributed by atoms with van der Waals surface area (Å²) in [6.07, 6.45) is 3.36. The Morgan fingerprint density at radius 1 is 0.917 bits per heavy atom. The first-order valence-electron chi connectivity index (χ1n) is 12.9. The van der Waals surface area contributed by atoms with E-state index in [1.165, 1.54) is 22.3 Å². The van der Waals surface area contributed by atoms with Crippen molar-refractivity contribution in [1.29, 1.82) is 0 Å². The van der Waals surface area contributed by atoms with Crippen molar-refractivity contribution in [3.05, 3.63) is 106 Å². The van der Waals surface area contributed by atoms with Gasteiger partial charge in [0.1, 0.15) is 0 Å². The summed E-state index contributed by atoms with van der Waals surface area (Å²) in [6, 6.07) is 25.5. The summed E-state index contributed by atoms with van der Waals surface area (Å²) in [7, 11) is 0. The van der Waals surface area contributed by atoms with Crippen LogP contribution in [0.4, 0.5) is 0 Å². The van der Waals surface area contributed by atoms with Crippen LogP contribution in [0.2, 0.25) is 0 Å². The van der Waals surface area contributed by atoms with E-state index < -0.39 is 0 Å². The smallest absolute Gasteiger partial charge is 0.218 e. The lowest BCUT2D eigenvalue weighted by molar-refractivity contribution is -0.118. The molecule has 1 aliphatic carbocycles. The zero-order valence-corrected chi connectivity index (χ0v) is 21.2. The van der Waals surface area contributed by atoms with Gasteiger partial charge < -0.3 is 5.73 Å². The number of hydrogen-bond donors (Lipinski definition) is 1. The number of rotatable bonds is 10. The number of nitrogens with zero attached hydrogens (tertiary/aromatic N) is 3. The average molecular weight is 479 g/mol. The normalized spacial score (nSPS) is 14.3. The molecule has 0 radical (unpaired) electrons. The number of carbonyl (C=O) groups excluding carboxylic acids is 1. The number of primary amides is 1. The molecule has 1 unspecified atom stereocenters. The fourth-order valence-electron chi connectivity index (χ4n) is 4.98. The highest BCUT2D eigenvalue weighted by molar-refractivity contribution is 5.75. The van der Waals surface area contributed by atoms with Gasteiger partial charge in [-0.05, 0) is 61.4 Å². The summed E-state index contributed by atoms with van der Waals surface area (Å²) in [6.45, 7) is 5.54. The van der Waals surface area contributed by atoms with E-state index in [4.69, 9.17) is 15.7 Å². The maximum Gasteiger partial charge on any atom is 0.218 e. The minimum atomic E-state index is -0.275. The van der Waals surface area contributed by atoms with Crippen molar-refractivity contribution in [3.63, 3.8) is 0 Å². The molecule has 3 aromatic carbocycles. The quantitative estimate of drug-likeness (QED) is 0.319. The molecule has 5 nitrogen and oxygen atoms in total. The molecule has 0 aliphatic heterocycles. The van der Waals surface area contributed by atoms with Gasteiger partial charge in [-0.25, -0.2) is 9.97 Å². The van der Waals surface area contributed by atoms with E-state index in [9.17, 15) is 4.79 Å². The van der Waals surface area contributed by atoms with E-state index in [-0.39, 0.29) is 11.9 Å². The van der Waals surface area contributed by atoms with Gasteiger partial charge in [0.05, 0.1) is 28.5 Å². The highest BCUT2D eigenvalue weighted by Gasteiger charge is 2.39. The van der Waals surface area contributed by atoms with Gasteiger partial charge in [-0.2, -0.15) is 0 Å². The predicted molar refractivity (Wildman–Crippen MR) is 144 cm³/mol. The lowest BCUT2D eigenvalue weighted by Gasteiger charge is -2.32. The van der Waals surface area contributed by atoms with Crippen LogP contribution in [-0.4, -0.2) is 27.3 Å². The van der Waals surface area contributed by atoms with E-state index >= 15 is 0 Å². The molecule has 36 heavy (non-hydrogen) atoms. The molecule has 2 N–H and O–H groups in total. The third kappa shape index (κ3) is 5.80. The first-order chi connectivity index (χ1) is 17.5. The van der Waals surface area contributed by atoms with Crippen LogP contribution in [0.5, 0.6) is 0 Å². The van der Waals surface area contributed by atoms with Gasteiger partial charge in [0.25, 0.3) is 0 Å². The molecule has 1 saturated carbocycles. The van der Waals surface area contributed by atoms with Gasteiger partial charge in [-0.1, -0.05) is 66.2 Å². The third-order valence-corrected chi connectivity index (χ3v) is 7.03. The Labute approximate surface area is 213 Å². The standard InChI is InChI=1S/C31H34N4O/c1-21-8-11-24(12-9-21)20-35(17-16-29(32)36)31(25-13-14-25)30-28(19-23-6-4-3-5-7-23)33-26-15-10-22(2)18-27(26)34-30/h3-12,15,18,25,31H,13-14,16-17,19-20H2,1-2H3,(H2,32,36). The number of aromatic nitrogens is 2. The number of amides is 1. The molecule has 5 heteroatoms. The molecule has 1 amide bonds. The molecule has 4 aromatic rings. The van der Waals surface area contributed by atoms with Gasteiger partial charge >= 0.3 is 0 Å². The maximum atomic E-state index is 11.8. The topological polar surface area (TPSA) is 72.1 Å². The Balaban J connectivity index is 1.60. The SMILES string of the molecule is Cc1ccc(CN(CCC(N)=O)C(c2nc3cc(C)ccc3nc2Cc2ccccc2)C2CC2)cc1. The lowest BCUT2D eigenvalue weighted by Crippen LogP contribution is -2.34. The fourth-order valence-corrected chi connectivity index (χ4v) is 4.98. The summed E-state index contributed by atoms with van der Waals surface area (Å²) in [5, 5.41) is 0. The monoisotopic (exact) mass is 478 g/mol. The van der Waals surface area contributed by atoms with Crippen molar-refractivity contribution >= 4 is 16.9 Å². The Kier molecular flexibility index (Phi) is 7.10. The van der Waals surface area contributed by atoms with Gasteiger partial charge in [-0.3, -0.25) is 9.69 Å². The summed E-state index contributed by atoms with van der Waals surface area (Å²) in [4.78, 5) is 24.7. The number of benzene rings is 3. The van der Waals surface area contributed by atoms with Crippen LogP contribution in [-0.2, 0) is 17.8 Å². The summed E-state index contributed by atoms with van der Waals surface area (Å²) in [5.41, 5.74) is 14.4. The molecule has 0 bridgehead atoms. The molecular formula is C31H34N4O. The summed E-state index contributed by atoms with van der Waals surface area (Å²) in [5.74, 6) is 0.220. The van der Waals surface area contributed by atoms with Crippen LogP contribution in [0.1, 0.15) is 58.9 Å². The van der Waals surface area contributed by atoms with Crippen molar-refractivity contribution in [2.45, 2.75) is 52.1 Å². The van der Waals surface area contributed by atoms with Gasteiger partial charge in [0.15, 0.2) is 0 Å².